The van der Waals surface area contributed by atoms with Crippen LogP contribution in [0.2, 0.25) is 0 Å². The molecule has 2 heterocycles. The van der Waals surface area contributed by atoms with Crippen LogP contribution in [0.25, 0.3) is 0 Å². The molecule has 1 unspecified atom stereocenters. The molecule has 7 nitrogen and oxygen atoms in total. The number of nitrogens with zero attached hydrogens (tertiary/aromatic N) is 4. The van der Waals surface area contributed by atoms with Crippen LogP contribution in [0, 0.1) is 11.2 Å². The Hall–Kier alpha value is -2.00. The number of halogens is 1. The molecular weight excluding hydrogens is 371 g/mol. The van der Waals surface area contributed by atoms with Crippen molar-refractivity contribution >= 4 is 10.0 Å². The van der Waals surface area contributed by atoms with Crippen molar-refractivity contribution in [1.29, 1.82) is 0 Å². The number of rotatable bonds is 5. The minimum absolute atomic E-state index is 0.0111. The molecule has 2 fully saturated rings. The maximum atomic E-state index is 13.8. The maximum absolute atomic E-state index is 13.8. The zero-order chi connectivity index (χ0) is 19.2. The number of methoxy groups -OCH3 is 1. The van der Waals surface area contributed by atoms with E-state index in [9.17, 15) is 12.8 Å². The summed E-state index contributed by atoms with van der Waals surface area (Å²) >= 11 is 0. The third-order valence-corrected chi connectivity index (χ3v) is 7.84. The second kappa shape index (κ2) is 6.56. The topological polar surface area (TPSA) is 77.3 Å². The second-order valence-corrected chi connectivity index (χ2v) is 9.24. The van der Waals surface area contributed by atoms with E-state index in [0.29, 0.717) is 13.1 Å². The molecule has 2 aromatic rings. The summed E-state index contributed by atoms with van der Waals surface area (Å²) in [6, 6.07) is 3.58. The summed E-state index contributed by atoms with van der Waals surface area (Å²) in [4.78, 5) is -0.128. The largest absolute Gasteiger partial charge is 0.495 e. The number of sulfonamides is 1. The van der Waals surface area contributed by atoms with Crippen LogP contribution in [-0.2, 0) is 16.6 Å². The molecule has 0 radical (unpaired) electrons. The SMILES string of the molecule is CCn1cnnc1C1CN(S(=O)(=O)c2cc(F)ccc2OC)CC12CCC2. The normalized spacial score (nSPS) is 22.1. The van der Waals surface area contributed by atoms with Gasteiger partial charge in [0.25, 0.3) is 0 Å². The Labute approximate surface area is 158 Å². The van der Waals surface area contributed by atoms with E-state index in [4.69, 9.17) is 4.74 Å². The Morgan fingerprint density at radius 2 is 2.15 bits per heavy atom. The molecule has 4 rings (SSSR count). The van der Waals surface area contributed by atoms with Gasteiger partial charge < -0.3 is 9.30 Å². The van der Waals surface area contributed by atoms with Crippen molar-refractivity contribution in [2.45, 2.75) is 43.5 Å². The average molecular weight is 394 g/mol. The van der Waals surface area contributed by atoms with E-state index in [1.807, 2.05) is 11.5 Å². The summed E-state index contributed by atoms with van der Waals surface area (Å²) in [5.74, 6) is 0.373. The van der Waals surface area contributed by atoms with Crippen molar-refractivity contribution in [3.63, 3.8) is 0 Å². The third-order valence-electron chi connectivity index (χ3n) is 6.01. The Balaban J connectivity index is 1.72. The maximum Gasteiger partial charge on any atom is 0.246 e. The van der Waals surface area contributed by atoms with Crippen molar-refractivity contribution in [1.82, 2.24) is 19.1 Å². The molecular formula is C18H23FN4O3S. The molecule has 146 valence electrons. The quantitative estimate of drug-likeness (QED) is 0.778. The van der Waals surface area contributed by atoms with Crippen LogP contribution < -0.4 is 4.74 Å². The van der Waals surface area contributed by atoms with Crippen LogP contribution in [0.5, 0.6) is 5.75 Å². The third kappa shape index (κ3) is 2.84. The summed E-state index contributed by atoms with van der Waals surface area (Å²) in [5, 5.41) is 8.31. The highest BCUT2D eigenvalue weighted by atomic mass is 32.2. The van der Waals surface area contributed by atoms with Gasteiger partial charge in [-0.05, 0) is 43.4 Å². The smallest absolute Gasteiger partial charge is 0.246 e. The van der Waals surface area contributed by atoms with Crippen molar-refractivity contribution in [3.8, 4) is 5.75 Å². The van der Waals surface area contributed by atoms with Crippen LogP contribution in [0.1, 0.15) is 37.9 Å². The monoisotopic (exact) mass is 394 g/mol. The van der Waals surface area contributed by atoms with E-state index < -0.39 is 15.8 Å². The minimum atomic E-state index is -3.88. The molecule has 27 heavy (non-hydrogen) atoms. The fourth-order valence-corrected chi connectivity index (χ4v) is 6.09. The summed E-state index contributed by atoms with van der Waals surface area (Å²) in [6.45, 7) is 3.48. The van der Waals surface area contributed by atoms with Crippen LogP contribution in [0.4, 0.5) is 4.39 Å². The summed E-state index contributed by atoms with van der Waals surface area (Å²) < 4.78 is 49.0. The lowest BCUT2D eigenvalue weighted by Crippen LogP contribution is -2.38. The Kier molecular flexibility index (Phi) is 4.46. The van der Waals surface area contributed by atoms with Gasteiger partial charge >= 0.3 is 0 Å². The summed E-state index contributed by atoms with van der Waals surface area (Å²) in [5.41, 5.74) is -0.117. The molecule has 1 saturated carbocycles. The standard InChI is InChI=1S/C18H23FN4O3S/c1-3-22-12-20-21-17(22)14-10-23(11-18(14)7-4-8-18)27(24,25)16-9-13(19)5-6-15(16)26-2/h5-6,9,12,14H,3-4,7-8,10-11H2,1-2H3. The first-order valence-electron chi connectivity index (χ1n) is 9.13. The first-order valence-corrected chi connectivity index (χ1v) is 10.6. The number of hydrogen-bond donors (Lipinski definition) is 0. The highest BCUT2D eigenvalue weighted by Crippen LogP contribution is 2.56. The number of benzene rings is 1. The predicted octanol–water partition coefficient (Wildman–Crippen LogP) is 2.40. The van der Waals surface area contributed by atoms with Crippen molar-refractivity contribution in [3.05, 3.63) is 36.2 Å². The van der Waals surface area contributed by atoms with Gasteiger partial charge in [0.05, 0.1) is 7.11 Å². The van der Waals surface area contributed by atoms with Crippen molar-refractivity contribution in [2.75, 3.05) is 20.2 Å². The molecule has 1 aromatic heterocycles. The van der Waals surface area contributed by atoms with Crippen LogP contribution >= 0.6 is 0 Å². The molecule has 0 amide bonds. The van der Waals surface area contributed by atoms with Gasteiger partial charge in [-0.3, -0.25) is 0 Å². The van der Waals surface area contributed by atoms with Crippen molar-refractivity contribution < 1.29 is 17.5 Å². The lowest BCUT2D eigenvalue weighted by atomic mass is 9.62. The van der Waals surface area contributed by atoms with Crippen molar-refractivity contribution in [2.24, 2.45) is 5.41 Å². The summed E-state index contributed by atoms with van der Waals surface area (Å²) in [7, 11) is -2.50. The van der Waals surface area contributed by atoms with E-state index in [0.717, 1.165) is 37.7 Å². The first kappa shape index (κ1) is 18.4. The fourth-order valence-electron chi connectivity index (χ4n) is 4.37. The lowest BCUT2D eigenvalue weighted by molar-refractivity contribution is 0.125. The second-order valence-electron chi connectivity index (χ2n) is 7.34. The highest BCUT2D eigenvalue weighted by molar-refractivity contribution is 7.89. The predicted molar refractivity (Wildman–Crippen MR) is 96.4 cm³/mol. The zero-order valence-corrected chi connectivity index (χ0v) is 16.2. The Bertz CT molecular complexity index is 955. The molecule has 9 heteroatoms. The van der Waals surface area contributed by atoms with Crippen LogP contribution in [-0.4, -0.2) is 47.7 Å². The van der Waals surface area contributed by atoms with E-state index in [1.54, 1.807) is 6.33 Å². The fraction of sp³-hybridized carbons (Fsp3) is 0.556. The van der Waals surface area contributed by atoms with Crippen LogP contribution in [0.3, 0.4) is 0 Å². The van der Waals surface area contributed by atoms with Crippen LogP contribution in [0.15, 0.2) is 29.4 Å². The first-order chi connectivity index (χ1) is 12.9. The molecule has 1 atom stereocenters. The van der Waals surface area contributed by atoms with Gasteiger partial charge in [0.2, 0.25) is 10.0 Å². The molecule has 1 aliphatic heterocycles. The van der Waals surface area contributed by atoms with Gasteiger partial charge in [-0.25, -0.2) is 12.8 Å². The van der Waals surface area contributed by atoms with Gasteiger partial charge in [0, 0.05) is 25.6 Å². The van der Waals surface area contributed by atoms with Gasteiger partial charge in [-0.1, -0.05) is 6.42 Å². The highest BCUT2D eigenvalue weighted by Gasteiger charge is 2.55. The van der Waals surface area contributed by atoms with E-state index in [2.05, 4.69) is 10.2 Å². The Morgan fingerprint density at radius 3 is 2.78 bits per heavy atom. The lowest BCUT2D eigenvalue weighted by Gasteiger charge is -2.42. The van der Waals surface area contributed by atoms with Gasteiger partial charge in [0.15, 0.2) is 0 Å². The molecule has 1 spiro atoms. The molecule has 1 aromatic carbocycles. The molecule has 0 bridgehead atoms. The Morgan fingerprint density at radius 1 is 1.37 bits per heavy atom. The summed E-state index contributed by atoms with van der Waals surface area (Å²) in [6.07, 6.45) is 4.68. The van der Waals surface area contributed by atoms with Gasteiger partial charge in [0.1, 0.15) is 28.6 Å². The van der Waals surface area contributed by atoms with E-state index in [1.165, 1.54) is 23.5 Å². The minimum Gasteiger partial charge on any atom is -0.495 e. The number of hydrogen-bond acceptors (Lipinski definition) is 5. The van der Waals surface area contributed by atoms with E-state index in [-0.39, 0.29) is 22.0 Å². The van der Waals surface area contributed by atoms with Gasteiger partial charge in [-0.2, -0.15) is 4.31 Å². The number of aromatic nitrogens is 3. The van der Waals surface area contributed by atoms with Gasteiger partial charge in [-0.15, -0.1) is 10.2 Å². The average Bonchev–Trinajstić information content (AvgIpc) is 3.25. The number of ether oxygens (including phenoxy) is 1. The number of aryl methyl sites for hydroxylation is 1. The molecule has 1 aliphatic carbocycles. The molecule has 1 saturated heterocycles. The zero-order valence-electron chi connectivity index (χ0n) is 15.4. The molecule has 2 aliphatic rings. The molecule has 0 N–H and O–H groups in total. The van der Waals surface area contributed by atoms with E-state index >= 15 is 0 Å².